The summed E-state index contributed by atoms with van der Waals surface area (Å²) in [5.74, 6) is 0.502. The van der Waals surface area contributed by atoms with Gasteiger partial charge in [-0.3, -0.25) is 0 Å². The van der Waals surface area contributed by atoms with Crippen LogP contribution in [0.4, 0.5) is 5.69 Å². The summed E-state index contributed by atoms with van der Waals surface area (Å²) in [5.41, 5.74) is 5.45. The molecule has 1 aromatic rings. The summed E-state index contributed by atoms with van der Waals surface area (Å²) in [4.78, 5) is 4.66. The van der Waals surface area contributed by atoms with Crippen LogP contribution in [0.5, 0.6) is 0 Å². The largest absolute Gasteiger partial charge is 0.244 e. The number of nitrogens with zero attached hydrogens (tertiary/aromatic N) is 1. The quantitative estimate of drug-likeness (QED) is 0.547. The molecule has 0 N–H and O–H groups in total. The summed E-state index contributed by atoms with van der Waals surface area (Å²) < 4.78 is 3.36. The number of hydrogen-bond donors (Lipinski definition) is 0. The van der Waals surface area contributed by atoms with Crippen molar-refractivity contribution in [2.24, 2.45) is 4.99 Å². The fraction of sp³-hybridized carbons (Fsp3) is 0.417. The van der Waals surface area contributed by atoms with E-state index >= 15 is 0 Å². The van der Waals surface area contributed by atoms with E-state index in [9.17, 15) is 0 Å². The van der Waals surface area contributed by atoms with Crippen LogP contribution in [0.3, 0.4) is 0 Å². The Morgan fingerprint density at radius 3 is 2.69 bits per heavy atom. The molecule has 0 saturated carbocycles. The monoisotopic (exact) mass is 405 g/mol. The molecule has 16 heavy (non-hydrogen) atoms. The molecule has 0 fully saturated rings. The molecule has 4 heteroatoms. The van der Waals surface area contributed by atoms with Crippen molar-refractivity contribution in [1.82, 2.24) is 0 Å². The fourth-order valence-corrected chi connectivity index (χ4v) is 4.38. The van der Waals surface area contributed by atoms with Gasteiger partial charge in [-0.05, 0) is 90.7 Å². The third-order valence-electron chi connectivity index (χ3n) is 3.54. The molecule has 0 bridgehead atoms. The first kappa shape index (κ1) is 11.4. The summed E-state index contributed by atoms with van der Waals surface area (Å²) >= 11 is 10.9. The third-order valence-corrected chi connectivity index (χ3v) is 6.56. The normalized spacial score (nSPS) is 22.0. The van der Waals surface area contributed by atoms with E-state index in [0.29, 0.717) is 5.92 Å². The zero-order chi connectivity index (χ0) is 11.4. The standard InChI is InChI=1S/C12H10Br3N/c1-5-6-3-2-4-7-8(6)11(16-12(7)15)10(14)9(5)13/h7H,2-4H2,1H3. The van der Waals surface area contributed by atoms with E-state index in [1.807, 2.05) is 0 Å². The second-order valence-electron chi connectivity index (χ2n) is 4.37. The molecule has 1 unspecified atom stereocenters. The minimum absolute atomic E-state index is 0.502. The molecule has 0 aromatic heterocycles. The maximum Gasteiger partial charge on any atom is 0.0912 e. The van der Waals surface area contributed by atoms with Crippen molar-refractivity contribution in [3.05, 3.63) is 25.6 Å². The van der Waals surface area contributed by atoms with E-state index in [-0.39, 0.29) is 0 Å². The lowest BCUT2D eigenvalue weighted by molar-refractivity contribution is 0.659. The minimum Gasteiger partial charge on any atom is -0.244 e. The van der Waals surface area contributed by atoms with Crippen molar-refractivity contribution >= 4 is 58.1 Å². The van der Waals surface area contributed by atoms with E-state index in [0.717, 1.165) is 19.3 Å². The summed E-state index contributed by atoms with van der Waals surface area (Å²) in [7, 11) is 0. The molecule has 1 atom stereocenters. The van der Waals surface area contributed by atoms with Gasteiger partial charge in [-0.15, -0.1) is 0 Å². The number of benzene rings is 1. The van der Waals surface area contributed by atoms with Crippen LogP contribution in [0.2, 0.25) is 0 Å². The highest BCUT2D eigenvalue weighted by molar-refractivity contribution is 9.18. The van der Waals surface area contributed by atoms with Crippen molar-refractivity contribution in [3.63, 3.8) is 0 Å². The Kier molecular flexibility index (Phi) is 2.80. The molecule has 0 saturated heterocycles. The molecular weight excluding hydrogens is 398 g/mol. The Morgan fingerprint density at radius 2 is 1.94 bits per heavy atom. The Morgan fingerprint density at radius 1 is 1.19 bits per heavy atom. The zero-order valence-electron chi connectivity index (χ0n) is 8.78. The Hall–Kier alpha value is 0.330. The molecule has 3 rings (SSSR count). The van der Waals surface area contributed by atoms with E-state index in [1.165, 1.54) is 36.0 Å². The maximum atomic E-state index is 4.66. The molecular formula is C12H10Br3N. The second-order valence-corrected chi connectivity index (χ2v) is 6.77. The van der Waals surface area contributed by atoms with E-state index in [4.69, 9.17) is 0 Å². The highest BCUT2D eigenvalue weighted by atomic mass is 79.9. The fourth-order valence-electron chi connectivity index (χ4n) is 2.72. The molecule has 1 aromatic carbocycles. The molecule has 84 valence electrons. The molecule has 1 aliphatic heterocycles. The highest BCUT2D eigenvalue weighted by Crippen LogP contribution is 2.52. The van der Waals surface area contributed by atoms with Gasteiger partial charge in [-0.2, -0.15) is 0 Å². The molecule has 1 heterocycles. The molecule has 0 spiro atoms. The summed E-state index contributed by atoms with van der Waals surface area (Å²) in [6, 6.07) is 0. The van der Waals surface area contributed by atoms with Crippen LogP contribution in [0, 0.1) is 6.92 Å². The molecule has 0 radical (unpaired) electrons. The van der Waals surface area contributed by atoms with Crippen LogP contribution in [0.25, 0.3) is 0 Å². The van der Waals surface area contributed by atoms with Crippen molar-refractivity contribution in [2.75, 3.05) is 0 Å². The van der Waals surface area contributed by atoms with Crippen LogP contribution in [0.15, 0.2) is 13.9 Å². The highest BCUT2D eigenvalue weighted by Gasteiger charge is 2.34. The smallest absolute Gasteiger partial charge is 0.0912 e. The lowest BCUT2D eigenvalue weighted by Gasteiger charge is -2.24. The first-order valence-corrected chi connectivity index (χ1v) is 7.73. The van der Waals surface area contributed by atoms with Gasteiger partial charge < -0.3 is 0 Å². The van der Waals surface area contributed by atoms with Crippen LogP contribution >= 0.6 is 47.8 Å². The van der Waals surface area contributed by atoms with Crippen LogP contribution in [-0.2, 0) is 6.42 Å². The van der Waals surface area contributed by atoms with Crippen LogP contribution < -0.4 is 0 Å². The van der Waals surface area contributed by atoms with Crippen molar-refractivity contribution in [3.8, 4) is 0 Å². The first-order chi connectivity index (χ1) is 7.61. The Bertz CT molecular complexity index is 520. The number of aliphatic imine (C=N–C) groups is 1. The maximum absolute atomic E-state index is 4.66. The van der Waals surface area contributed by atoms with Crippen molar-refractivity contribution in [2.45, 2.75) is 32.1 Å². The Labute approximate surface area is 120 Å². The predicted octanol–water partition coefficient (Wildman–Crippen LogP) is 5.38. The van der Waals surface area contributed by atoms with Gasteiger partial charge in [-0.1, -0.05) is 0 Å². The molecule has 1 aliphatic carbocycles. The minimum atomic E-state index is 0.502. The molecule has 2 aliphatic rings. The Balaban J connectivity index is 2.38. The summed E-state index contributed by atoms with van der Waals surface area (Å²) in [6.45, 7) is 2.19. The number of halogens is 3. The lowest BCUT2D eigenvalue weighted by atomic mass is 9.82. The van der Waals surface area contributed by atoms with E-state index in [1.54, 1.807) is 0 Å². The molecule has 0 amide bonds. The first-order valence-electron chi connectivity index (χ1n) is 5.35. The van der Waals surface area contributed by atoms with Gasteiger partial charge in [0.1, 0.15) is 0 Å². The van der Waals surface area contributed by atoms with Gasteiger partial charge >= 0.3 is 0 Å². The third kappa shape index (κ3) is 1.42. The summed E-state index contributed by atoms with van der Waals surface area (Å²) in [6.07, 6.45) is 3.67. The number of hydrogen-bond acceptors (Lipinski definition) is 1. The van der Waals surface area contributed by atoms with Crippen LogP contribution in [-0.4, -0.2) is 4.62 Å². The van der Waals surface area contributed by atoms with Crippen LogP contribution in [0.1, 0.15) is 35.4 Å². The SMILES string of the molecule is Cc1c(Br)c(Br)c2c3c1CCCC3C(Br)=N2. The average Bonchev–Trinajstić information content (AvgIpc) is 2.63. The van der Waals surface area contributed by atoms with E-state index in [2.05, 4.69) is 59.7 Å². The van der Waals surface area contributed by atoms with Crippen molar-refractivity contribution < 1.29 is 0 Å². The van der Waals surface area contributed by atoms with Gasteiger partial charge in [0.05, 0.1) is 14.8 Å². The van der Waals surface area contributed by atoms with Crippen molar-refractivity contribution in [1.29, 1.82) is 0 Å². The van der Waals surface area contributed by atoms with Gasteiger partial charge in [-0.25, -0.2) is 4.99 Å². The topological polar surface area (TPSA) is 12.4 Å². The average molecular weight is 408 g/mol. The van der Waals surface area contributed by atoms with Gasteiger partial charge in [0.2, 0.25) is 0 Å². The van der Waals surface area contributed by atoms with Gasteiger partial charge in [0, 0.05) is 10.4 Å². The lowest BCUT2D eigenvalue weighted by Crippen LogP contribution is -2.12. The zero-order valence-corrected chi connectivity index (χ0v) is 13.5. The predicted molar refractivity (Wildman–Crippen MR) is 78.3 cm³/mol. The number of rotatable bonds is 0. The molecule has 1 nitrogen and oxygen atoms in total. The van der Waals surface area contributed by atoms with Gasteiger partial charge in [0.25, 0.3) is 0 Å². The van der Waals surface area contributed by atoms with Gasteiger partial charge in [0.15, 0.2) is 0 Å². The second kappa shape index (κ2) is 3.92. The summed E-state index contributed by atoms with van der Waals surface area (Å²) in [5, 5.41) is 0. The van der Waals surface area contributed by atoms with E-state index < -0.39 is 0 Å².